The van der Waals surface area contributed by atoms with E-state index in [4.69, 9.17) is 4.74 Å². The quantitative estimate of drug-likeness (QED) is 0.744. The van der Waals surface area contributed by atoms with E-state index < -0.39 is 0 Å². The average molecular weight is 264 g/mol. The Morgan fingerprint density at radius 2 is 1.68 bits per heavy atom. The number of ether oxygens (including phenoxy) is 1. The fourth-order valence-corrected chi connectivity index (χ4v) is 4.45. The third-order valence-corrected chi connectivity index (χ3v) is 5.91. The first kappa shape index (κ1) is 13.6. The molecule has 0 aromatic carbocycles. The molecule has 3 aliphatic carbocycles. The molecule has 3 atom stereocenters. The van der Waals surface area contributed by atoms with Crippen LogP contribution in [0.4, 0.5) is 0 Å². The van der Waals surface area contributed by atoms with Crippen molar-refractivity contribution >= 4 is 5.78 Å². The zero-order valence-corrected chi connectivity index (χ0v) is 12.3. The summed E-state index contributed by atoms with van der Waals surface area (Å²) in [6.45, 7) is 2.32. The van der Waals surface area contributed by atoms with E-state index in [0.29, 0.717) is 24.2 Å². The molecule has 19 heavy (non-hydrogen) atoms. The van der Waals surface area contributed by atoms with Crippen LogP contribution in [-0.2, 0) is 9.53 Å². The minimum atomic E-state index is -0.0618. The van der Waals surface area contributed by atoms with Crippen molar-refractivity contribution in [2.24, 2.45) is 11.3 Å². The summed E-state index contributed by atoms with van der Waals surface area (Å²) >= 11 is 0. The molecule has 0 saturated heterocycles. The highest BCUT2D eigenvalue weighted by Crippen LogP contribution is 2.50. The molecule has 1 spiro atoms. The Hall–Kier alpha value is -0.370. The maximum Gasteiger partial charge on any atom is 0.144 e. The second-order valence-corrected chi connectivity index (χ2v) is 7.12. The van der Waals surface area contributed by atoms with E-state index in [1.54, 1.807) is 0 Å². The summed E-state index contributed by atoms with van der Waals surface area (Å²) in [5.74, 6) is 1.19. The van der Waals surface area contributed by atoms with E-state index in [9.17, 15) is 4.79 Å². The van der Waals surface area contributed by atoms with Crippen LogP contribution in [0.15, 0.2) is 0 Å². The second-order valence-electron chi connectivity index (χ2n) is 7.12. The summed E-state index contributed by atoms with van der Waals surface area (Å²) in [4.78, 5) is 12.2. The van der Waals surface area contributed by atoms with Crippen molar-refractivity contribution in [3.8, 4) is 0 Å². The molecule has 3 aliphatic rings. The molecule has 0 aromatic heterocycles. The highest BCUT2D eigenvalue weighted by molar-refractivity contribution is 5.92. The van der Waals surface area contributed by atoms with Gasteiger partial charge in [0.1, 0.15) is 5.78 Å². The molecule has 0 heterocycles. The number of carbonyl (C=O) groups excluding carboxylic acids is 1. The number of hydrogen-bond acceptors (Lipinski definition) is 2. The fraction of sp³-hybridized carbons (Fsp3) is 0.941. The van der Waals surface area contributed by atoms with E-state index >= 15 is 0 Å². The molecule has 2 heteroatoms. The van der Waals surface area contributed by atoms with Gasteiger partial charge in [-0.3, -0.25) is 4.79 Å². The van der Waals surface area contributed by atoms with Gasteiger partial charge in [0.2, 0.25) is 0 Å². The van der Waals surface area contributed by atoms with E-state index in [0.717, 1.165) is 12.8 Å². The normalized spacial score (nSPS) is 38.8. The largest absolute Gasteiger partial charge is 0.373 e. The van der Waals surface area contributed by atoms with Crippen LogP contribution in [0.5, 0.6) is 0 Å². The van der Waals surface area contributed by atoms with Gasteiger partial charge < -0.3 is 4.74 Å². The lowest BCUT2D eigenvalue weighted by Gasteiger charge is -2.49. The molecule has 2 nitrogen and oxygen atoms in total. The summed E-state index contributed by atoms with van der Waals surface area (Å²) < 4.78 is 6.44. The standard InChI is InChI=1S/C17H28O2/c1-13-8-4-5-9-14(13)19-16-12-15(18)17(16)10-6-2-3-7-11-17/h13-14,16H,2-12H2,1H3. The smallest absolute Gasteiger partial charge is 0.144 e. The van der Waals surface area contributed by atoms with Gasteiger partial charge in [0, 0.05) is 6.42 Å². The summed E-state index contributed by atoms with van der Waals surface area (Å²) in [5, 5.41) is 0. The molecule has 0 amide bonds. The predicted octanol–water partition coefficient (Wildman–Crippen LogP) is 4.26. The first-order valence-corrected chi connectivity index (χ1v) is 8.41. The van der Waals surface area contributed by atoms with Gasteiger partial charge in [-0.15, -0.1) is 0 Å². The summed E-state index contributed by atoms with van der Waals surface area (Å²) in [5.41, 5.74) is -0.0618. The van der Waals surface area contributed by atoms with Crippen molar-refractivity contribution in [3.63, 3.8) is 0 Å². The Morgan fingerprint density at radius 1 is 1.00 bits per heavy atom. The number of carbonyl (C=O) groups is 1. The molecule has 0 aliphatic heterocycles. The van der Waals surface area contributed by atoms with E-state index in [1.807, 2.05) is 0 Å². The third kappa shape index (κ3) is 2.49. The number of hydrogen-bond donors (Lipinski definition) is 0. The summed E-state index contributed by atoms with van der Waals surface area (Å²) in [6.07, 6.45) is 13.8. The molecule has 108 valence electrons. The van der Waals surface area contributed by atoms with Gasteiger partial charge in [0.15, 0.2) is 0 Å². The van der Waals surface area contributed by atoms with Gasteiger partial charge in [0.05, 0.1) is 17.6 Å². The SMILES string of the molecule is CC1CCCCC1OC1CC(=O)C12CCCCCC2. The predicted molar refractivity (Wildman–Crippen MR) is 76.1 cm³/mol. The third-order valence-electron chi connectivity index (χ3n) is 5.91. The van der Waals surface area contributed by atoms with Crippen LogP contribution in [-0.4, -0.2) is 18.0 Å². The Labute approximate surface area is 117 Å². The Kier molecular flexibility index (Phi) is 3.98. The topological polar surface area (TPSA) is 26.3 Å². The monoisotopic (exact) mass is 264 g/mol. The lowest BCUT2D eigenvalue weighted by atomic mass is 9.60. The van der Waals surface area contributed by atoms with Crippen LogP contribution < -0.4 is 0 Å². The zero-order chi connectivity index (χ0) is 13.3. The van der Waals surface area contributed by atoms with E-state index in [1.165, 1.54) is 51.4 Å². The van der Waals surface area contributed by atoms with Crippen LogP contribution in [0, 0.1) is 11.3 Å². The molecule has 0 N–H and O–H groups in total. The van der Waals surface area contributed by atoms with Gasteiger partial charge in [0.25, 0.3) is 0 Å². The first-order chi connectivity index (χ1) is 9.22. The summed E-state index contributed by atoms with van der Waals surface area (Å²) in [7, 11) is 0. The zero-order valence-electron chi connectivity index (χ0n) is 12.3. The molecule has 3 unspecified atom stereocenters. The maximum atomic E-state index is 12.2. The van der Waals surface area contributed by atoms with Crippen molar-refractivity contribution in [3.05, 3.63) is 0 Å². The van der Waals surface area contributed by atoms with Crippen molar-refractivity contribution < 1.29 is 9.53 Å². The molecule has 0 radical (unpaired) electrons. The Morgan fingerprint density at radius 3 is 2.32 bits per heavy atom. The van der Waals surface area contributed by atoms with Gasteiger partial charge >= 0.3 is 0 Å². The maximum absolute atomic E-state index is 12.2. The summed E-state index contributed by atoms with van der Waals surface area (Å²) in [6, 6.07) is 0. The Balaban J connectivity index is 1.65. The minimum Gasteiger partial charge on any atom is -0.373 e. The first-order valence-electron chi connectivity index (χ1n) is 8.41. The van der Waals surface area contributed by atoms with Gasteiger partial charge in [-0.1, -0.05) is 45.4 Å². The van der Waals surface area contributed by atoms with Crippen molar-refractivity contribution in [1.82, 2.24) is 0 Å². The highest BCUT2D eigenvalue weighted by Gasteiger charge is 2.55. The van der Waals surface area contributed by atoms with Crippen LogP contribution >= 0.6 is 0 Å². The molecular formula is C17H28O2. The van der Waals surface area contributed by atoms with Crippen molar-refractivity contribution in [2.75, 3.05) is 0 Å². The molecule has 0 bridgehead atoms. The lowest BCUT2D eigenvalue weighted by molar-refractivity contribution is -0.181. The number of rotatable bonds is 2. The van der Waals surface area contributed by atoms with Crippen molar-refractivity contribution in [1.29, 1.82) is 0 Å². The molecule has 3 saturated carbocycles. The lowest BCUT2D eigenvalue weighted by Crippen LogP contribution is -2.56. The van der Waals surface area contributed by atoms with E-state index in [-0.39, 0.29) is 11.5 Å². The van der Waals surface area contributed by atoms with Gasteiger partial charge in [-0.25, -0.2) is 0 Å². The number of ketones is 1. The average Bonchev–Trinajstić information content (AvgIpc) is 2.68. The fourth-order valence-electron chi connectivity index (χ4n) is 4.45. The van der Waals surface area contributed by atoms with E-state index in [2.05, 4.69) is 6.92 Å². The van der Waals surface area contributed by atoms with Crippen LogP contribution in [0.25, 0.3) is 0 Å². The van der Waals surface area contributed by atoms with Crippen LogP contribution in [0.3, 0.4) is 0 Å². The minimum absolute atomic E-state index is 0.0618. The van der Waals surface area contributed by atoms with Gasteiger partial charge in [-0.2, -0.15) is 0 Å². The van der Waals surface area contributed by atoms with Crippen LogP contribution in [0.2, 0.25) is 0 Å². The van der Waals surface area contributed by atoms with Crippen LogP contribution in [0.1, 0.15) is 77.6 Å². The number of Topliss-reactive ketones (excluding diaryl/α,β-unsaturated/α-hetero) is 1. The molecule has 3 fully saturated rings. The Bertz CT molecular complexity index is 328. The van der Waals surface area contributed by atoms with Crippen molar-refractivity contribution in [2.45, 2.75) is 89.8 Å². The molecular weight excluding hydrogens is 236 g/mol. The van der Waals surface area contributed by atoms with Gasteiger partial charge in [-0.05, 0) is 31.6 Å². The molecule has 0 aromatic rings. The second kappa shape index (κ2) is 5.55. The molecule has 3 rings (SSSR count). The highest BCUT2D eigenvalue weighted by atomic mass is 16.5.